The van der Waals surface area contributed by atoms with Crippen LogP contribution < -0.4 is 15.4 Å². The normalized spacial score (nSPS) is 14.8. The van der Waals surface area contributed by atoms with E-state index in [1.165, 1.54) is 0 Å². The molecule has 1 atom stereocenters. The lowest BCUT2D eigenvalue weighted by Gasteiger charge is -2.13. The smallest absolute Gasteiger partial charge is 0.157 e. The van der Waals surface area contributed by atoms with Gasteiger partial charge in [-0.1, -0.05) is 17.7 Å². The molecule has 5 rings (SSSR count). The first-order chi connectivity index (χ1) is 14.8. The van der Waals surface area contributed by atoms with Gasteiger partial charge in [-0.05, 0) is 42.5 Å². The summed E-state index contributed by atoms with van der Waals surface area (Å²) in [6, 6.07) is 15.1. The molecule has 0 aliphatic carbocycles. The van der Waals surface area contributed by atoms with Crippen LogP contribution in [0.1, 0.15) is 23.2 Å². The minimum atomic E-state index is 0.0400. The molecule has 150 valence electrons. The minimum Gasteiger partial charge on any atom is -0.486 e. The van der Waals surface area contributed by atoms with Gasteiger partial charge in [0.25, 0.3) is 0 Å². The Morgan fingerprint density at radius 1 is 1.13 bits per heavy atom. The molecule has 7 nitrogen and oxygen atoms in total. The third-order valence-electron chi connectivity index (χ3n) is 4.82. The molecule has 0 amide bonds. The van der Waals surface area contributed by atoms with Crippen molar-refractivity contribution in [1.82, 2.24) is 15.0 Å². The van der Waals surface area contributed by atoms with Crippen LogP contribution in [-0.2, 0) is 13.0 Å². The summed E-state index contributed by atoms with van der Waals surface area (Å²) in [6.07, 6.45) is 5.70. The van der Waals surface area contributed by atoms with E-state index in [0.29, 0.717) is 23.2 Å². The number of furan rings is 1. The number of hydrogen-bond donors (Lipinski definition) is 2. The first-order valence-electron chi connectivity index (χ1n) is 9.49. The molecule has 1 unspecified atom stereocenters. The Labute approximate surface area is 178 Å². The Hall–Kier alpha value is -3.58. The van der Waals surface area contributed by atoms with Crippen LogP contribution in [0.25, 0.3) is 0 Å². The topological polar surface area (TPSA) is 85.1 Å². The molecule has 0 bridgehead atoms. The maximum atomic E-state index is 6.42. The second-order valence-corrected chi connectivity index (χ2v) is 7.25. The number of ether oxygens (including phenoxy) is 1. The minimum absolute atomic E-state index is 0.0400. The van der Waals surface area contributed by atoms with Gasteiger partial charge in [0.15, 0.2) is 5.82 Å². The molecule has 4 aromatic rings. The molecular weight excluding hydrogens is 402 g/mol. The van der Waals surface area contributed by atoms with Crippen molar-refractivity contribution < 1.29 is 9.15 Å². The van der Waals surface area contributed by atoms with Crippen LogP contribution in [0.15, 0.2) is 71.7 Å². The summed E-state index contributed by atoms with van der Waals surface area (Å²) < 4.78 is 11.3. The molecular formula is C22H18ClN5O2. The van der Waals surface area contributed by atoms with Gasteiger partial charge in [0.2, 0.25) is 0 Å². The molecule has 3 aromatic heterocycles. The van der Waals surface area contributed by atoms with Crippen molar-refractivity contribution in [3.8, 4) is 5.75 Å². The van der Waals surface area contributed by atoms with Crippen molar-refractivity contribution in [2.75, 3.05) is 10.6 Å². The van der Waals surface area contributed by atoms with Gasteiger partial charge >= 0.3 is 0 Å². The van der Waals surface area contributed by atoms with Crippen LogP contribution in [-0.4, -0.2) is 15.0 Å². The standard InChI is InChI=1S/C22H18ClN5O2/c23-16-10-14(6-7-19(16)30-12-15-4-1-2-8-24-15)27-22-21-18(25-13-26-22)11-17(28-21)20-5-3-9-29-20/h1-10,13,17,28H,11-12H2,(H,25,26,27). The van der Waals surface area contributed by atoms with E-state index < -0.39 is 0 Å². The second kappa shape index (κ2) is 8.04. The maximum Gasteiger partial charge on any atom is 0.157 e. The highest BCUT2D eigenvalue weighted by Gasteiger charge is 2.28. The van der Waals surface area contributed by atoms with E-state index >= 15 is 0 Å². The van der Waals surface area contributed by atoms with Gasteiger partial charge in [-0.25, -0.2) is 9.97 Å². The summed E-state index contributed by atoms with van der Waals surface area (Å²) in [5, 5.41) is 7.26. The third kappa shape index (κ3) is 3.79. The van der Waals surface area contributed by atoms with E-state index in [1.54, 1.807) is 18.8 Å². The Balaban J connectivity index is 1.30. The Bertz CT molecular complexity index is 1150. The van der Waals surface area contributed by atoms with Crippen LogP contribution >= 0.6 is 11.6 Å². The zero-order valence-electron chi connectivity index (χ0n) is 15.9. The van der Waals surface area contributed by atoms with Gasteiger partial charge in [0.05, 0.1) is 28.7 Å². The highest BCUT2D eigenvalue weighted by molar-refractivity contribution is 6.32. The summed E-state index contributed by atoms with van der Waals surface area (Å²) in [4.78, 5) is 13.0. The number of aromatic nitrogens is 3. The van der Waals surface area contributed by atoms with Crippen molar-refractivity contribution >= 4 is 28.8 Å². The summed E-state index contributed by atoms with van der Waals surface area (Å²) in [7, 11) is 0. The number of nitrogens with zero attached hydrogens (tertiary/aromatic N) is 3. The van der Waals surface area contributed by atoms with Gasteiger partial charge in [0, 0.05) is 18.3 Å². The van der Waals surface area contributed by atoms with Crippen molar-refractivity contribution in [1.29, 1.82) is 0 Å². The van der Waals surface area contributed by atoms with E-state index in [2.05, 4.69) is 25.6 Å². The van der Waals surface area contributed by atoms with E-state index in [1.807, 2.05) is 48.5 Å². The summed E-state index contributed by atoms with van der Waals surface area (Å²) in [5.41, 5.74) is 3.44. The first-order valence-corrected chi connectivity index (χ1v) is 9.87. The van der Waals surface area contributed by atoms with Gasteiger partial charge in [-0.3, -0.25) is 4.98 Å². The third-order valence-corrected chi connectivity index (χ3v) is 5.12. The predicted octanol–water partition coefficient (Wildman–Crippen LogP) is 5.15. The lowest BCUT2D eigenvalue weighted by atomic mass is 10.2. The fourth-order valence-corrected chi connectivity index (χ4v) is 3.61. The van der Waals surface area contributed by atoms with Crippen LogP contribution in [0.3, 0.4) is 0 Å². The van der Waals surface area contributed by atoms with E-state index in [-0.39, 0.29) is 6.04 Å². The summed E-state index contributed by atoms with van der Waals surface area (Å²) in [5.74, 6) is 2.15. The quantitative estimate of drug-likeness (QED) is 0.447. The van der Waals surface area contributed by atoms with Gasteiger partial charge < -0.3 is 19.8 Å². The zero-order valence-corrected chi connectivity index (χ0v) is 16.6. The van der Waals surface area contributed by atoms with Crippen molar-refractivity contribution in [2.45, 2.75) is 19.1 Å². The zero-order chi connectivity index (χ0) is 20.3. The number of hydrogen-bond acceptors (Lipinski definition) is 7. The number of halogens is 1. The second-order valence-electron chi connectivity index (χ2n) is 6.84. The Morgan fingerprint density at radius 3 is 2.90 bits per heavy atom. The number of fused-ring (bicyclic) bond motifs is 1. The van der Waals surface area contributed by atoms with E-state index in [0.717, 1.165) is 34.9 Å². The molecule has 1 aromatic carbocycles. The SMILES string of the molecule is Clc1cc(Nc2ncnc3c2NC(c2ccco2)C3)ccc1OCc1ccccn1. The van der Waals surface area contributed by atoms with E-state index in [9.17, 15) is 0 Å². The summed E-state index contributed by atoms with van der Waals surface area (Å²) in [6.45, 7) is 0.352. The molecule has 8 heteroatoms. The van der Waals surface area contributed by atoms with Gasteiger partial charge in [0.1, 0.15) is 30.1 Å². The first kappa shape index (κ1) is 18.4. The fraction of sp³-hybridized carbons (Fsp3) is 0.136. The monoisotopic (exact) mass is 419 g/mol. The molecule has 30 heavy (non-hydrogen) atoms. The number of pyridine rings is 1. The Morgan fingerprint density at radius 2 is 2.10 bits per heavy atom. The highest BCUT2D eigenvalue weighted by Crippen LogP contribution is 2.38. The van der Waals surface area contributed by atoms with Crippen molar-refractivity contribution in [3.63, 3.8) is 0 Å². The van der Waals surface area contributed by atoms with Crippen LogP contribution in [0, 0.1) is 0 Å². The molecule has 0 radical (unpaired) electrons. The molecule has 4 heterocycles. The highest BCUT2D eigenvalue weighted by atomic mass is 35.5. The molecule has 0 saturated heterocycles. The number of nitrogens with one attached hydrogen (secondary N) is 2. The maximum absolute atomic E-state index is 6.42. The van der Waals surface area contributed by atoms with Crippen LogP contribution in [0.2, 0.25) is 5.02 Å². The number of anilines is 3. The predicted molar refractivity (Wildman–Crippen MR) is 114 cm³/mol. The molecule has 0 spiro atoms. The molecule has 1 aliphatic rings. The van der Waals surface area contributed by atoms with Crippen molar-refractivity contribution in [2.24, 2.45) is 0 Å². The van der Waals surface area contributed by atoms with Crippen LogP contribution in [0.4, 0.5) is 17.2 Å². The fourth-order valence-electron chi connectivity index (χ4n) is 3.37. The number of benzene rings is 1. The average molecular weight is 420 g/mol. The largest absolute Gasteiger partial charge is 0.486 e. The van der Waals surface area contributed by atoms with E-state index in [4.69, 9.17) is 20.8 Å². The Kier molecular flexibility index (Phi) is 4.94. The van der Waals surface area contributed by atoms with Gasteiger partial charge in [-0.15, -0.1) is 0 Å². The molecule has 0 saturated carbocycles. The lowest BCUT2D eigenvalue weighted by Crippen LogP contribution is -2.05. The molecule has 0 fully saturated rings. The van der Waals surface area contributed by atoms with Gasteiger partial charge in [-0.2, -0.15) is 0 Å². The summed E-state index contributed by atoms with van der Waals surface area (Å²) >= 11 is 6.42. The number of rotatable bonds is 6. The van der Waals surface area contributed by atoms with Crippen molar-refractivity contribution in [3.05, 3.63) is 89.5 Å². The molecule has 1 aliphatic heterocycles. The lowest BCUT2D eigenvalue weighted by molar-refractivity contribution is 0.301. The average Bonchev–Trinajstić information content (AvgIpc) is 3.44. The van der Waals surface area contributed by atoms with Crippen LogP contribution in [0.5, 0.6) is 5.75 Å². The molecule has 2 N–H and O–H groups in total.